The summed E-state index contributed by atoms with van der Waals surface area (Å²) in [5.74, 6) is 0. The van der Waals surface area contributed by atoms with Crippen LogP contribution >= 0.6 is 11.3 Å². The van der Waals surface area contributed by atoms with Crippen LogP contribution in [0.1, 0.15) is 23.0 Å². The Morgan fingerprint density at radius 1 is 1.27 bits per heavy atom. The molecule has 2 N–H and O–H groups in total. The molecule has 0 aliphatic heterocycles. The molecule has 2 aromatic heterocycles. The maximum atomic E-state index is 6.05. The van der Waals surface area contributed by atoms with Gasteiger partial charge in [-0.15, -0.1) is 11.3 Å². The van der Waals surface area contributed by atoms with Gasteiger partial charge in [-0.2, -0.15) is 0 Å². The SMILES string of the molecule is NC(CCc1cccs1)c1ccccn1. The van der Waals surface area contributed by atoms with E-state index in [1.807, 2.05) is 18.2 Å². The smallest absolute Gasteiger partial charge is 0.0571 e. The summed E-state index contributed by atoms with van der Waals surface area (Å²) in [5.41, 5.74) is 7.03. The van der Waals surface area contributed by atoms with Crippen LogP contribution in [0.15, 0.2) is 41.9 Å². The molecule has 0 fully saturated rings. The van der Waals surface area contributed by atoms with Crippen molar-refractivity contribution in [1.82, 2.24) is 4.98 Å². The van der Waals surface area contributed by atoms with E-state index in [0.29, 0.717) is 0 Å². The molecule has 0 radical (unpaired) electrons. The van der Waals surface area contributed by atoms with E-state index in [1.165, 1.54) is 4.88 Å². The van der Waals surface area contributed by atoms with E-state index in [-0.39, 0.29) is 6.04 Å². The molecular formula is C12H14N2S. The lowest BCUT2D eigenvalue weighted by atomic mass is 10.1. The topological polar surface area (TPSA) is 38.9 Å². The highest BCUT2D eigenvalue weighted by Gasteiger charge is 2.06. The summed E-state index contributed by atoms with van der Waals surface area (Å²) in [6.07, 6.45) is 3.78. The number of pyridine rings is 1. The molecule has 1 unspecified atom stereocenters. The highest BCUT2D eigenvalue weighted by atomic mass is 32.1. The van der Waals surface area contributed by atoms with E-state index in [4.69, 9.17) is 5.73 Å². The molecule has 0 aliphatic rings. The molecule has 1 atom stereocenters. The quantitative estimate of drug-likeness (QED) is 0.857. The minimum Gasteiger partial charge on any atom is -0.323 e. The highest BCUT2D eigenvalue weighted by molar-refractivity contribution is 7.09. The van der Waals surface area contributed by atoms with Crippen LogP contribution in [0.3, 0.4) is 0 Å². The standard InChI is InChI=1S/C12H14N2S/c13-11(12-5-1-2-8-14-12)7-6-10-4-3-9-15-10/h1-5,8-9,11H,6-7,13H2. The molecule has 0 spiro atoms. The lowest BCUT2D eigenvalue weighted by Gasteiger charge is -2.09. The Hall–Kier alpha value is -1.19. The molecule has 2 aromatic rings. The maximum Gasteiger partial charge on any atom is 0.0571 e. The lowest BCUT2D eigenvalue weighted by Crippen LogP contribution is -2.12. The molecular weight excluding hydrogens is 204 g/mol. The molecule has 0 saturated heterocycles. The number of rotatable bonds is 4. The van der Waals surface area contributed by atoms with Gasteiger partial charge in [-0.1, -0.05) is 12.1 Å². The Morgan fingerprint density at radius 2 is 2.20 bits per heavy atom. The summed E-state index contributed by atoms with van der Waals surface area (Å²) in [4.78, 5) is 5.65. The first kappa shape index (κ1) is 10.3. The van der Waals surface area contributed by atoms with Gasteiger partial charge in [0, 0.05) is 17.1 Å². The van der Waals surface area contributed by atoms with Crippen molar-refractivity contribution in [1.29, 1.82) is 0 Å². The lowest BCUT2D eigenvalue weighted by molar-refractivity contribution is 0.637. The van der Waals surface area contributed by atoms with Crippen LogP contribution in [0.2, 0.25) is 0 Å². The summed E-state index contributed by atoms with van der Waals surface area (Å²) < 4.78 is 0. The molecule has 0 aromatic carbocycles. The van der Waals surface area contributed by atoms with Crippen molar-refractivity contribution >= 4 is 11.3 Å². The van der Waals surface area contributed by atoms with Crippen LogP contribution in [0.4, 0.5) is 0 Å². The van der Waals surface area contributed by atoms with Crippen molar-refractivity contribution in [3.8, 4) is 0 Å². The fraction of sp³-hybridized carbons (Fsp3) is 0.250. The highest BCUT2D eigenvalue weighted by Crippen LogP contribution is 2.17. The van der Waals surface area contributed by atoms with E-state index in [1.54, 1.807) is 17.5 Å². The molecule has 0 saturated carbocycles. The number of hydrogen-bond acceptors (Lipinski definition) is 3. The molecule has 3 heteroatoms. The van der Waals surface area contributed by atoms with Crippen LogP contribution in [0, 0.1) is 0 Å². The van der Waals surface area contributed by atoms with Crippen LogP contribution in [0.5, 0.6) is 0 Å². The summed E-state index contributed by atoms with van der Waals surface area (Å²) in [7, 11) is 0. The van der Waals surface area contributed by atoms with Crippen molar-refractivity contribution < 1.29 is 0 Å². The number of nitrogens with two attached hydrogens (primary N) is 1. The second-order valence-corrected chi connectivity index (χ2v) is 4.51. The minimum absolute atomic E-state index is 0.0494. The van der Waals surface area contributed by atoms with Crippen LogP contribution in [0.25, 0.3) is 0 Å². The Morgan fingerprint density at radius 3 is 2.87 bits per heavy atom. The number of nitrogens with zero attached hydrogens (tertiary/aromatic N) is 1. The van der Waals surface area contributed by atoms with Crippen LogP contribution in [-0.4, -0.2) is 4.98 Å². The zero-order valence-corrected chi connectivity index (χ0v) is 9.28. The van der Waals surface area contributed by atoms with Gasteiger partial charge in [0.2, 0.25) is 0 Å². The number of aryl methyl sites for hydroxylation is 1. The van der Waals surface area contributed by atoms with Gasteiger partial charge in [0.1, 0.15) is 0 Å². The van der Waals surface area contributed by atoms with Gasteiger partial charge in [-0.3, -0.25) is 4.98 Å². The summed E-state index contributed by atoms with van der Waals surface area (Å²) in [5, 5.41) is 2.10. The van der Waals surface area contributed by atoms with Gasteiger partial charge in [0.05, 0.1) is 5.69 Å². The summed E-state index contributed by atoms with van der Waals surface area (Å²) in [6, 6.07) is 10.2. The van der Waals surface area contributed by atoms with Crippen LogP contribution < -0.4 is 5.73 Å². The zero-order valence-electron chi connectivity index (χ0n) is 8.47. The van der Waals surface area contributed by atoms with Crippen molar-refractivity contribution in [2.75, 3.05) is 0 Å². The predicted octanol–water partition coefficient (Wildman–Crippen LogP) is 2.78. The third-order valence-corrected chi connectivity index (χ3v) is 3.29. The molecule has 2 heterocycles. The predicted molar refractivity (Wildman–Crippen MR) is 63.8 cm³/mol. The summed E-state index contributed by atoms with van der Waals surface area (Å²) in [6.45, 7) is 0. The number of aromatic nitrogens is 1. The Bertz CT molecular complexity index is 383. The Balaban J connectivity index is 1.90. The van der Waals surface area contributed by atoms with Crippen molar-refractivity contribution in [2.24, 2.45) is 5.73 Å². The number of hydrogen-bond donors (Lipinski definition) is 1. The third kappa shape index (κ3) is 2.88. The molecule has 0 aliphatic carbocycles. The van der Waals surface area contributed by atoms with Crippen molar-refractivity contribution in [3.05, 3.63) is 52.5 Å². The van der Waals surface area contributed by atoms with E-state index < -0.39 is 0 Å². The Kier molecular flexibility index (Phi) is 3.48. The van der Waals surface area contributed by atoms with E-state index in [2.05, 4.69) is 22.5 Å². The second-order valence-electron chi connectivity index (χ2n) is 3.48. The van der Waals surface area contributed by atoms with Gasteiger partial charge < -0.3 is 5.73 Å². The fourth-order valence-corrected chi connectivity index (χ4v) is 2.22. The van der Waals surface area contributed by atoms with Crippen molar-refractivity contribution in [2.45, 2.75) is 18.9 Å². The number of thiophene rings is 1. The van der Waals surface area contributed by atoms with E-state index in [0.717, 1.165) is 18.5 Å². The van der Waals surface area contributed by atoms with Gasteiger partial charge >= 0.3 is 0 Å². The molecule has 78 valence electrons. The molecule has 2 rings (SSSR count). The minimum atomic E-state index is 0.0494. The maximum absolute atomic E-state index is 6.05. The molecule has 0 bridgehead atoms. The Labute approximate surface area is 93.8 Å². The van der Waals surface area contributed by atoms with Gasteiger partial charge in [-0.25, -0.2) is 0 Å². The average Bonchev–Trinajstić information content (AvgIpc) is 2.80. The second kappa shape index (κ2) is 5.05. The summed E-state index contributed by atoms with van der Waals surface area (Å²) >= 11 is 1.78. The third-order valence-electron chi connectivity index (χ3n) is 2.35. The van der Waals surface area contributed by atoms with Crippen LogP contribution in [-0.2, 0) is 6.42 Å². The normalized spacial score (nSPS) is 12.6. The van der Waals surface area contributed by atoms with E-state index >= 15 is 0 Å². The largest absolute Gasteiger partial charge is 0.323 e. The van der Waals surface area contributed by atoms with Gasteiger partial charge in [0.15, 0.2) is 0 Å². The first-order valence-corrected chi connectivity index (χ1v) is 5.93. The molecule has 2 nitrogen and oxygen atoms in total. The van der Waals surface area contributed by atoms with Gasteiger partial charge in [0.25, 0.3) is 0 Å². The first-order chi connectivity index (χ1) is 7.36. The van der Waals surface area contributed by atoms with Gasteiger partial charge in [-0.05, 0) is 36.4 Å². The zero-order chi connectivity index (χ0) is 10.5. The fourth-order valence-electron chi connectivity index (χ4n) is 1.50. The monoisotopic (exact) mass is 218 g/mol. The van der Waals surface area contributed by atoms with Crippen molar-refractivity contribution in [3.63, 3.8) is 0 Å². The molecule has 0 amide bonds. The first-order valence-electron chi connectivity index (χ1n) is 5.05. The average molecular weight is 218 g/mol. The molecule has 15 heavy (non-hydrogen) atoms. The van der Waals surface area contributed by atoms with E-state index in [9.17, 15) is 0 Å².